The molecule has 2 N–H and O–H groups in total. The lowest BCUT2D eigenvalue weighted by molar-refractivity contribution is 0.0789. The first-order valence-electron chi connectivity index (χ1n) is 6.63. The van der Waals surface area contributed by atoms with Gasteiger partial charge in [-0.25, -0.2) is 13.6 Å². The fourth-order valence-corrected chi connectivity index (χ4v) is 4.05. The number of primary sulfonamides is 1. The summed E-state index contributed by atoms with van der Waals surface area (Å²) in [7, 11) is -2.08. The number of hydrogen-bond acceptors (Lipinski definition) is 4. The van der Waals surface area contributed by atoms with E-state index >= 15 is 0 Å². The summed E-state index contributed by atoms with van der Waals surface area (Å²) in [6, 6.07) is 9.27. The number of carbonyl (C=O) groups excluding carboxylic acids is 1. The Labute approximate surface area is 134 Å². The summed E-state index contributed by atoms with van der Waals surface area (Å²) in [5.41, 5.74) is 2.78. The Morgan fingerprint density at radius 1 is 1.23 bits per heavy atom. The van der Waals surface area contributed by atoms with Crippen LogP contribution in [-0.2, 0) is 16.6 Å². The van der Waals surface area contributed by atoms with Crippen LogP contribution in [0, 0.1) is 13.8 Å². The van der Waals surface area contributed by atoms with Crippen molar-refractivity contribution in [3.63, 3.8) is 0 Å². The molecule has 1 heterocycles. The highest BCUT2D eigenvalue weighted by atomic mass is 32.2. The average Bonchev–Trinajstić information content (AvgIpc) is 2.82. The molecule has 0 saturated carbocycles. The smallest absolute Gasteiger partial charge is 0.264 e. The van der Waals surface area contributed by atoms with Crippen molar-refractivity contribution in [2.75, 3.05) is 7.05 Å². The highest BCUT2D eigenvalue weighted by Crippen LogP contribution is 2.26. The molecule has 0 aliphatic carbocycles. The molecule has 0 bridgehead atoms. The Morgan fingerprint density at radius 2 is 1.86 bits per heavy atom. The minimum atomic E-state index is -3.78. The number of thiophene rings is 1. The topological polar surface area (TPSA) is 80.5 Å². The van der Waals surface area contributed by atoms with Gasteiger partial charge >= 0.3 is 0 Å². The molecule has 0 aliphatic rings. The largest absolute Gasteiger partial charge is 0.337 e. The molecule has 7 heteroatoms. The van der Waals surface area contributed by atoms with Crippen molar-refractivity contribution in [1.29, 1.82) is 0 Å². The van der Waals surface area contributed by atoms with Gasteiger partial charge in [0.1, 0.15) is 4.21 Å². The van der Waals surface area contributed by atoms with E-state index in [1.807, 2.05) is 31.2 Å². The van der Waals surface area contributed by atoms with Gasteiger partial charge < -0.3 is 4.90 Å². The second kappa shape index (κ2) is 6.20. The SMILES string of the molecule is Cc1ccccc1CN(C)C(=O)c1sc(S(N)(=O)=O)cc1C. The summed E-state index contributed by atoms with van der Waals surface area (Å²) < 4.78 is 22.8. The molecule has 1 aromatic heterocycles. The lowest BCUT2D eigenvalue weighted by atomic mass is 10.1. The molecule has 118 valence electrons. The van der Waals surface area contributed by atoms with E-state index in [-0.39, 0.29) is 10.1 Å². The summed E-state index contributed by atoms with van der Waals surface area (Å²) in [4.78, 5) is 14.5. The van der Waals surface area contributed by atoms with Gasteiger partial charge in [-0.05, 0) is 36.6 Å². The molecule has 0 fully saturated rings. The van der Waals surface area contributed by atoms with Crippen LogP contribution in [0.4, 0.5) is 0 Å². The van der Waals surface area contributed by atoms with Gasteiger partial charge in [0.25, 0.3) is 5.91 Å². The van der Waals surface area contributed by atoms with E-state index in [0.717, 1.165) is 22.5 Å². The summed E-state index contributed by atoms with van der Waals surface area (Å²) in [6.45, 7) is 4.16. The lowest BCUT2D eigenvalue weighted by Crippen LogP contribution is -2.26. The monoisotopic (exact) mass is 338 g/mol. The standard InChI is InChI=1S/C15H18N2O3S2/c1-10-6-4-5-7-12(10)9-17(3)15(18)14-11(2)8-13(21-14)22(16,19)20/h4-8H,9H2,1-3H3,(H2,16,19,20). The van der Waals surface area contributed by atoms with Crippen molar-refractivity contribution in [3.8, 4) is 0 Å². The van der Waals surface area contributed by atoms with E-state index in [4.69, 9.17) is 5.14 Å². The number of sulfonamides is 1. The molecule has 22 heavy (non-hydrogen) atoms. The van der Waals surface area contributed by atoms with Crippen LogP contribution < -0.4 is 5.14 Å². The Kier molecular flexibility index (Phi) is 4.69. The third-order valence-corrected chi connectivity index (χ3v) is 6.03. The number of amides is 1. The minimum absolute atomic E-state index is 0.0117. The maximum absolute atomic E-state index is 12.5. The summed E-state index contributed by atoms with van der Waals surface area (Å²) >= 11 is 0.913. The van der Waals surface area contributed by atoms with Gasteiger partial charge in [-0.2, -0.15) is 0 Å². The molecule has 0 unspecified atom stereocenters. The highest BCUT2D eigenvalue weighted by Gasteiger charge is 2.21. The number of nitrogens with two attached hydrogens (primary N) is 1. The molecule has 0 aliphatic heterocycles. The summed E-state index contributed by atoms with van der Waals surface area (Å²) in [5, 5.41) is 5.12. The predicted octanol–water partition coefficient (Wildman–Crippen LogP) is 2.28. The fourth-order valence-electron chi connectivity index (χ4n) is 2.09. The van der Waals surface area contributed by atoms with E-state index in [2.05, 4.69) is 0 Å². The number of nitrogens with zero attached hydrogens (tertiary/aromatic N) is 1. The Morgan fingerprint density at radius 3 is 2.41 bits per heavy atom. The third kappa shape index (κ3) is 3.55. The van der Waals surface area contributed by atoms with Crippen LogP contribution in [0.3, 0.4) is 0 Å². The van der Waals surface area contributed by atoms with Gasteiger partial charge in [-0.1, -0.05) is 24.3 Å². The zero-order chi connectivity index (χ0) is 16.5. The second-order valence-corrected chi connectivity index (χ2v) is 8.05. The number of rotatable bonds is 4. The average molecular weight is 338 g/mol. The molecule has 2 rings (SSSR count). The molecular formula is C15H18N2O3S2. The maximum Gasteiger partial charge on any atom is 0.264 e. The molecule has 0 radical (unpaired) electrons. The van der Waals surface area contributed by atoms with Crippen LogP contribution in [-0.4, -0.2) is 26.3 Å². The first kappa shape index (κ1) is 16.7. The van der Waals surface area contributed by atoms with E-state index in [9.17, 15) is 13.2 Å². The van der Waals surface area contributed by atoms with Crippen molar-refractivity contribution in [1.82, 2.24) is 4.90 Å². The lowest BCUT2D eigenvalue weighted by Gasteiger charge is -2.18. The van der Waals surface area contributed by atoms with Gasteiger partial charge in [0, 0.05) is 13.6 Å². The van der Waals surface area contributed by atoms with E-state index in [0.29, 0.717) is 17.0 Å². The quantitative estimate of drug-likeness (QED) is 0.929. The van der Waals surface area contributed by atoms with Crippen molar-refractivity contribution in [2.45, 2.75) is 24.6 Å². The van der Waals surface area contributed by atoms with Crippen molar-refractivity contribution in [2.24, 2.45) is 5.14 Å². The summed E-state index contributed by atoms with van der Waals surface area (Å²) in [5.74, 6) is -0.208. The van der Waals surface area contributed by atoms with Gasteiger partial charge in [-0.15, -0.1) is 11.3 Å². The third-order valence-electron chi connectivity index (χ3n) is 3.39. The van der Waals surface area contributed by atoms with Gasteiger partial charge in [0.2, 0.25) is 10.0 Å². The van der Waals surface area contributed by atoms with Crippen LogP contribution in [0.15, 0.2) is 34.5 Å². The fraction of sp³-hybridized carbons (Fsp3) is 0.267. The van der Waals surface area contributed by atoms with Crippen LogP contribution in [0.2, 0.25) is 0 Å². The van der Waals surface area contributed by atoms with E-state index in [1.54, 1.807) is 18.9 Å². The first-order valence-corrected chi connectivity index (χ1v) is 8.99. The van der Waals surface area contributed by atoms with Gasteiger partial charge in [0.05, 0.1) is 4.88 Å². The van der Waals surface area contributed by atoms with Crippen LogP contribution >= 0.6 is 11.3 Å². The second-order valence-electron chi connectivity index (χ2n) is 5.21. The highest BCUT2D eigenvalue weighted by molar-refractivity contribution is 7.91. The Bertz CT molecular complexity index is 810. The number of benzene rings is 1. The zero-order valence-electron chi connectivity index (χ0n) is 12.7. The van der Waals surface area contributed by atoms with Gasteiger partial charge in [0.15, 0.2) is 0 Å². The molecule has 0 atom stereocenters. The number of hydrogen-bond donors (Lipinski definition) is 1. The normalized spacial score (nSPS) is 11.5. The molecule has 0 spiro atoms. The Balaban J connectivity index is 2.25. The minimum Gasteiger partial charge on any atom is -0.337 e. The maximum atomic E-state index is 12.5. The molecule has 1 aromatic carbocycles. The molecule has 5 nitrogen and oxygen atoms in total. The van der Waals surface area contributed by atoms with Crippen molar-refractivity contribution in [3.05, 3.63) is 51.9 Å². The number of aryl methyl sites for hydroxylation is 2. The molecule has 0 saturated heterocycles. The van der Waals surface area contributed by atoms with Crippen LogP contribution in [0.25, 0.3) is 0 Å². The summed E-state index contributed by atoms with van der Waals surface area (Å²) in [6.07, 6.45) is 0. The van der Waals surface area contributed by atoms with E-state index < -0.39 is 10.0 Å². The zero-order valence-corrected chi connectivity index (χ0v) is 14.3. The Hall–Kier alpha value is -1.70. The molecule has 1 amide bonds. The molecule has 2 aromatic rings. The first-order chi connectivity index (χ1) is 10.2. The van der Waals surface area contributed by atoms with Crippen LogP contribution in [0.5, 0.6) is 0 Å². The number of carbonyl (C=O) groups is 1. The molecular weight excluding hydrogens is 320 g/mol. The predicted molar refractivity (Wildman–Crippen MR) is 87.4 cm³/mol. The van der Waals surface area contributed by atoms with Crippen LogP contribution in [0.1, 0.15) is 26.4 Å². The van der Waals surface area contributed by atoms with Gasteiger partial charge in [-0.3, -0.25) is 4.79 Å². The van der Waals surface area contributed by atoms with Crippen molar-refractivity contribution >= 4 is 27.3 Å². The van der Waals surface area contributed by atoms with Crippen molar-refractivity contribution < 1.29 is 13.2 Å². The van der Waals surface area contributed by atoms with E-state index in [1.165, 1.54) is 6.07 Å².